The molecule has 0 fully saturated rings. The molecule has 118 valence electrons. The SMILES string of the molecule is COc1ccc(C(=O)Nc2ccccc2)cc1N.c1cn[nH]c1. The molecular weight excluding hydrogens is 292 g/mol. The minimum Gasteiger partial charge on any atom is -0.495 e. The van der Waals surface area contributed by atoms with E-state index in [2.05, 4.69) is 15.5 Å². The van der Waals surface area contributed by atoms with Crippen molar-refractivity contribution in [3.05, 3.63) is 72.6 Å². The molecule has 0 unspecified atom stereocenters. The number of hydrogen-bond acceptors (Lipinski definition) is 4. The molecule has 0 spiro atoms. The average molecular weight is 310 g/mol. The van der Waals surface area contributed by atoms with Gasteiger partial charge in [0, 0.05) is 23.6 Å². The predicted octanol–water partition coefficient (Wildman–Crippen LogP) is 2.94. The molecule has 0 aliphatic carbocycles. The number of aromatic amines is 1. The number of aromatic nitrogens is 2. The molecule has 3 aromatic rings. The Balaban J connectivity index is 0.000000326. The van der Waals surface area contributed by atoms with Crippen LogP contribution in [-0.2, 0) is 0 Å². The lowest BCUT2D eigenvalue weighted by Crippen LogP contribution is -2.12. The zero-order chi connectivity index (χ0) is 16.5. The van der Waals surface area contributed by atoms with Gasteiger partial charge in [0.2, 0.25) is 0 Å². The van der Waals surface area contributed by atoms with Gasteiger partial charge in [0.05, 0.1) is 12.8 Å². The quantitative estimate of drug-likeness (QED) is 0.648. The molecule has 0 saturated carbocycles. The molecule has 1 aromatic heterocycles. The topological polar surface area (TPSA) is 93.0 Å². The van der Waals surface area contributed by atoms with Gasteiger partial charge in [-0.25, -0.2) is 0 Å². The van der Waals surface area contributed by atoms with E-state index in [1.54, 1.807) is 30.6 Å². The van der Waals surface area contributed by atoms with Crippen LogP contribution in [0, 0.1) is 0 Å². The number of methoxy groups -OCH3 is 1. The summed E-state index contributed by atoms with van der Waals surface area (Å²) >= 11 is 0. The van der Waals surface area contributed by atoms with Gasteiger partial charge in [0.1, 0.15) is 5.75 Å². The van der Waals surface area contributed by atoms with E-state index in [1.165, 1.54) is 7.11 Å². The lowest BCUT2D eigenvalue weighted by atomic mass is 10.1. The number of para-hydroxylation sites is 1. The van der Waals surface area contributed by atoms with Gasteiger partial charge >= 0.3 is 0 Å². The van der Waals surface area contributed by atoms with Crippen molar-refractivity contribution in [3.63, 3.8) is 0 Å². The fourth-order valence-electron chi connectivity index (χ4n) is 1.82. The van der Waals surface area contributed by atoms with E-state index in [-0.39, 0.29) is 5.91 Å². The van der Waals surface area contributed by atoms with Crippen molar-refractivity contribution in [3.8, 4) is 5.75 Å². The monoisotopic (exact) mass is 310 g/mol. The lowest BCUT2D eigenvalue weighted by Gasteiger charge is -2.08. The summed E-state index contributed by atoms with van der Waals surface area (Å²) in [7, 11) is 1.54. The van der Waals surface area contributed by atoms with Crippen LogP contribution in [0.5, 0.6) is 5.75 Å². The van der Waals surface area contributed by atoms with Crippen LogP contribution in [-0.4, -0.2) is 23.2 Å². The Morgan fingerprint density at radius 2 is 1.96 bits per heavy atom. The minimum atomic E-state index is -0.199. The molecule has 1 amide bonds. The van der Waals surface area contributed by atoms with Crippen LogP contribution in [0.2, 0.25) is 0 Å². The number of hydrogen-bond donors (Lipinski definition) is 3. The molecule has 3 rings (SSSR count). The van der Waals surface area contributed by atoms with Crippen LogP contribution >= 0.6 is 0 Å². The largest absolute Gasteiger partial charge is 0.495 e. The number of rotatable bonds is 3. The Bertz CT molecular complexity index is 710. The fourth-order valence-corrected chi connectivity index (χ4v) is 1.82. The van der Waals surface area contributed by atoms with Gasteiger partial charge in [-0.1, -0.05) is 18.2 Å². The molecular formula is C17H18N4O2. The molecule has 0 atom stereocenters. The summed E-state index contributed by atoms with van der Waals surface area (Å²) < 4.78 is 5.04. The van der Waals surface area contributed by atoms with Gasteiger partial charge in [0.15, 0.2) is 0 Å². The zero-order valence-electron chi connectivity index (χ0n) is 12.7. The van der Waals surface area contributed by atoms with E-state index >= 15 is 0 Å². The number of H-pyrrole nitrogens is 1. The van der Waals surface area contributed by atoms with Crippen LogP contribution in [0.15, 0.2) is 67.0 Å². The summed E-state index contributed by atoms with van der Waals surface area (Å²) in [5, 5.41) is 9.00. The third-order valence-corrected chi connectivity index (χ3v) is 2.93. The second kappa shape index (κ2) is 8.23. The van der Waals surface area contributed by atoms with Crippen molar-refractivity contribution in [1.82, 2.24) is 10.2 Å². The number of nitrogens with one attached hydrogen (secondary N) is 2. The van der Waals surface area contributed by atoms with Crippen molar-refractivity contribution in [2.45, 2.75) is 0 Å². The van der Waals surface area contributed by atoms with E-state index < -0.39 is 0 Å². The molecule has 4 N–H and O–H groups in total. The lowest BCUT2D eigenvalue weighted by molar-refractivity contribution is 0.102. The number of anilines is 2. The summed E-state index contributed by atoms with van der Waals surface area (Å²) in [5.41, 5.74) is 7.45. The number of carbonyl (C=O) groups is 1. The van der Waals surface area contributed by atoms with E-state index in [0.717, 1.165) is 5.69 Å². The smallest absolute Gasteiger partial charge is 0.255 e. The molecule has 0 bridgehead atoms. The van der Waals surface area contributed by atoms with E-state index in [0.29, 0.717) is 17.0 Å². The molecule has 0 aliphatic rings. The Labute approximate surface area is 134 Å². The van der Waals surface area contributed by atoms with Crippen LogP contribution in [0.1, 0.15) is 10.4 Å². The summed E-state index contributed by atoms with van der Waals surface area (Å²) in [6.07, 6.45) is 3.46. The van der Waals surface area contributed by atoms with E-state index in [1.807, 2.05) is 36.4 Å². The fraction of sp³-hybridized carbons (Fsp3) is 0.0588. The number of amides is 1. The third kappa shape index (κ3) is 4.89. The average Bonchev–Trinajstić information content (AvgIpc) is 3.15. The van der Waals surface area contributed by atoms with Gasteiger partial charge in [-0.3, -0.25) is 9.89 Å². The van der Waals surface area contributed by atoms with Crippen LogP contribution < -0.4 is 15.8 Å². The van der Waals surface area contributed by atoms with Gasteiger partial charge in [-0.15, -0.1) is 0 Å². The van der Waals surface area contributed by atoms with Gasteiger partial charge in [0.25, 0.3) is 5.91 Å². The Kier molecular flexibility index (Phi) is 5.76. The predicted molar refractivity (Wildman–Crippen MR) is 90.4 cm³/mol. The number of nitrogen functional groups attached to an aromatic ring is 1. The highest BCUT2D eigenvalue weighted by atomic mass is 16.5. The molecule has 6 heteroatoms. The highest BCUT2D eigenvalue weighted by Gasteiger charge is 2.08. The number of benzene rings is 2. The van der Waals surface area contributed by atoms with Crippen molar-refractivity contribution < 1.29 is 9.53 Å². The highest BCUT2D eigenvalue weighted by Crippen LogP contribution is 2.22. The maximum absolute atomic E-state index is 12.0. The number of carbonyl (C=O) groups excluding carboxylic acids is 1. The minimum absolute atomic E-state index is 0.199. The van der Waals surface area contributed by atoms with Gasteiger partial charge in [-0.2, -0.15) is 5.10 Å². The molecule has 2 aromatic carbocycles. The Morgan fingerprint density at radius 1 is 1.17 bits per heavy atom. The van der Waals surface area contributed by atoms with Gasteiger partial charge < -0.3 is 15.8 Å². The second-order valence-corrected chi connectivity index (χ2v) is 4.54. The summed E-state index contributed by atoms with van der Waals surface area (Å²) in [6, 6.07) is 16.0. The highest BCUT2D eigenvalue weighted by molar-refractivity contribution is 6.04. The first-order valence-corrected chi connectivity index (χ1v) is 6.94. The van der Waals surface area contributed by atoms with E-state index in [9.17, 15) is 4.79 Å². The standard InChI is InChI=1S/C14H14N2O2.C3H4N2/c1-18-13-8-7-10(9-12(13)15)14(17)16-11-5-3-2-4-6-11;1-2-4-5-3-1/h2-9H,15H2,1H3,(H,16,17);1-3H,(H,4,5). The van der Waals surface area contributed by atoms with Crippen molar-refractivity contribution >= 4 is 17.3 Å². The van der Waals surface area contributed by atoms with Crippen LogP contribution in [0.25, 0.3) is 0 Å². The number of ether oxygens (including phenoxy) is 1. The maximum Gasteiger partial charge on any atom is 0.255 e. The third-order valence-electron chi connectivity index (χ3n) is 2.93. The van der Waals surface area contributed by atoms with Gasteiger partial charge in [-0.05, 0) is 36.4 Å². The first kappa shape index (κ1) is 16.1. The number of nitrogens with two attached hydrogens (primary N) is 1. The van der Waals surface area contributed by atoms with E-state index in [4.69, 9.17) is 10.5 Å². The van der Waals surface area contributed by atoms with Crippen molar-refractivity contribution in [1.29, 1.82) is 0 Å². The first-order valence-electron chi connectivity index (χ1n) is 6.94. The van der Waals surface area contributed by atoms with Crippen molar-refractivity contribution in [2.24, 2.45) is 0 Å². The molecule has 1 heterocycles. The first-order chi connectivity index (χ1) is 11.2. The van der Waals surface area contributed by atoms with Crippen LogP contribution in [0.3, 0.4) is 0 Å². The second-order valence-electron chi connectivity index (χ2n) is 4.54. The zero-order valence-corrected chi connectivity index (χ0v) is 12.7. The van der Waals surface area contributed by atoms with Crippen molar-refractivity contribution in [2.75, 3.05) is 18.2 Å². The summed E-state index contributed by atoms with van der Waals surface area (Å²) in [6.45, 7) is 0. The molecule has 6 nitrogen and oxygen atoms in total. The normalized spacial score (nSPS) is 9.43. The maximum atomic E-state index is 12.0. The summed E-state index contributed by atoms with van der Waals surface area (Å²) in [5.74, 6) is 0.363. The Morgan fingerprint density at radius 3 is 2.48 bits per heavy atom. The molecule has 0 radical (unpaired) electrons. The number of nitrogens with zero attached hydrogens (tertiary/aromatic N) is 1. The molecule has 0 aliphatic heterocycles. The molecule has 23 heavy (non-hydrogen) atoms. The summed E-state index contributed by atoms with van der Waals surface area (Å²) in [4.78, 5) is 12.0. The molecule has 0 saturated heterocycles. The van der Waals surface area contributed by atoms with Crippen LogP contribution in [0.4, 0.5) is 11.4 Å². The Hall–Kier alpha value is -3.28.